The summed E-state index contributed by atoms with van der Waals surface area (Å²) in [6.07, 6.45) is 1.63. The Hall–Kier alpha value is -1.33. The molecule has 0 saturated carbocycles. The van der Waals surface area contributed by atoms with Gasteiger partial charge in [-0.1, -0.05) is 0 Å². The van der Waals surface area contributed by atoms with Crippen LogP contribution in [0.4, 0.5) is 0 Å². The zero-order valence-corrected chi connectivity index (χ0v) is 7.95. The Morgan fingerprint density at radius 1 is 1.57 bits per heavy atom. The summed E-state index contributed by atoms with van der Waals surface area (Å²) in [5.74, 6) is -0.347. The lowest BCUT2D eigenvalue weighted by atomic mass is 10.1. The molecule has 14 heavy (non-hydrogen) atoms. The Morgan fingerprint density at radius 2 is 2.21 bits per heavy atom. The molecule has 5 heteroatoms. The lowest BCUT2D eigenvalue weighted by molar-refractivity contribution is 0.0720. The van der Waals surface area contributed by atoms with Gasteiger partial charge in [-0.25, -0.2) is 0 Å². The number of hydrogen-bond acceptors (Lipinski definition) is 3. The maximum absolute atomic E-state index is 11.5. The van der Waals surface area contributed by atoms with E-state index in [1.54, 1.807) is 25.3 Å². The molecule has 78 valence electrons. The minimum Gasteiger partial charge on any atom is -0.394 e. The summed E-state index contributed by atoms with van der Waals surface area (Å²) >= 11 is 0. The van der Waals surface area contributed by atoms with Gasteiger partial charge in [-0.3, -0.25) is 4.79 Å². The fraction of sp³-hybridized carbons (Fsp3) is 0.444. The molecule has 0 aromatic carbocycles. The minimum atomic E-state index is -0.984. The molecule has 0 atom stereocenters. The molecule has 0 aliphatic heterocycles. The number of aromatic amines is 1. The van der Waals surface area contributed by atoms with Crippen LogP contribution in [0, 0.1) is 0 Å². The average Bonchev–Trinajstić information content (AvgIpc) is 2.70. The van der Waals surface area contributed by atoms with Gasteiger partial charge in [-0.15, -0.1) is 0 Å². The number of aliphatic hydroxyl groups excluding tert-OH is 2. The number of aromatic nitrogens is 1. The van der Waals surface area contributed by atoms with Crippen LogP contribution in [0.15, 0.2) is 18.3 Å². The maximum Gasteiger partial charge on any atom is 0.268 e. The maximum atomic E-state index is 11.5. The normalized spacial score (nSPS) is 11.4. The monoisotopic (exact) mass is 198 g/mol. The van der Waals surface area contributed by atoms with E-state index in [0.717, 1.165) is 0 Å². The molecular formula is C9H14N2O3. The van der Waals surface area contributed by atoms with E-state index in [4.69, 9.17) is 10.2 Å². The summed E-state index contributed by atoms with van der Waals surface area (Å²) in [6, 6.07) is 3.31. The first-order valence-corrected chi connectivity index (χ1v) is 4.29. The van der Waals surface area contributed by atoms with E-state index in [9.17, 15) is 4.79 Å². The van der Waals surface area contributed by atoms with Crippen molar-refractivity contribution >= 4 is 5.91 Å². The SMILES string of the molecule is CC(CO)(CO)NC(=O)c1ccc[nH]1. The van der Waals surface area contributed by atoms with Crippen molar-refractivity contribution in [2.45, 2.75) is 12.5 Å². The van der Waals surface area contributed by atoms with Gasteiger partial charge in [0.15, 0.2) is 0 Å². The van der Waals surface area contributed by atoms with Crippen molar-refractivity contribution < 1.29 is 15.0 Å². The van der Waals surface area contributed by atoms with Gasteiger partial charge >= 0.3 is 0 Å². The molecule has 1 aromatic heterocycles. The molecule has 0 fully saturated rings. The van der Waals surface area contributed by atoms with Gasteiger partial charge in [-0.05, 0) is 19.1 Å². The first-order valence-electron chi connectivity index (χ1n) is 4.29. The van der Waals surface area contributed by atoms with E-state index in [2.05, 4.69) is 10.3 Å². The largest absolute Gasteiger partial charge is 0.394 e. The van der Waals surface area contributed by atoms with Crippen LogP contribution in [-0.2, 0) is 0 Å². The van der Waals surface area contributed by atoms with Crippen LogP contribution in [0.3, 0.4) is 0 Å². The first-order chi connectivity index (χ1) is 6.61. The summed E-state index contributed by atoms with van der Waals surface area (Å²) < 4.78 is 0. The van der Waals surface area contributed by atoms with Gasteiger partial charge in [0.2, 0.25) is 0 Å². The fourth-order valence-electron chi connectivity index (χ4n) is 0.942. The highest BCUT2D eigenvalue weighted by molar-refractivity contribution is 5.92. The number of amides is 1. The zero-order valence-electron chi connectivity index (χ0n) is 7.95. The summed E-state index contributed by atoms with van der Waals surface area (Å²) in [5.41, 5.74) is -0.583. The molecule has 0 aliphatic rings. The van der Waals surface area contributed by atoms with Crippen molar-refractivity contribution in [3.63, 3.8) is 0 Å². The third-order valence-electron chi connectivity index (χ3n) is 1.96. The van der Waals surface area contributed by atoms with Gasteiger partial charge in [-0.2, -0.15) is 0 Å². The molecule has 1 rings (SSSR count). The van der Waals surface area contributed by atoms with E-state index >= 15 is 0 Å². The smallest absolute Gasteiger partial charge is 0.268 e. The van der Waals surface area contributed by atoms with Crippen molar-refractivity contribution in [2.24, 2.45) is 0 Å². The fourth-order valence-corrected chi connectivity index (χ4v) is 0.942. The van der Waals surface area contributed by atoms with Crippen LogP contribution in [0.2, 0.25) is 0 Å². The van der Waals surface area contributed by atoms with E-state index in [-0.39, 0.29) is 19.1 Å². The van der Waals surface area contributed by atoms with E-state index in [0.29, 0.717) is 5.69 Å². The summed E-state index contributed by atoms with van der Waals surface area (Å²) in [5, 5.41) is 20.4. The summed E-state index contributed by atoms with van der Waals surface area (Å²) in [7, 11) is 0. The second-order valence-electron chi connectivity index (χ2n) is 3.41. The third-order valence-corrected chi connectivity index (χ3v) is 1.96. The van der Waals surface area contributed by atoms with Gasteiger partial charge < -0.3 is 20.5 Å². The molecule has 0 spiro atoms. The van der Waals surface area contributed by atoms with Crippen molar-refractivity contribution in [3.8, 4) is 0 Å². The van der Waals surface area contributed by atoms with Gasteiger partial charge in [0, 0.05) is 6.20 Å². The Balaban J connectivity index is 2.65. The average molecular weight is 198 g/mol. The molecule has 1 amide bonds. The molecule has 1 heterocycles. The van der Waals surface area contributed by atoms with Crippen molar-refractivity contribution in [1.82, 2.24) is 10.3 Å². The predicted octanol–water partition coefficient (Wildman–Crippen LogP) is -0.512. The molecule has 4 N–H and O–H groups in total. The second-order valence-corrected chi connectivity index (χ2v) is 3.41. The molecule has 5 nitrogen and oxygen atoms in total. The van der Waals surface area contributed by atoms with Gasteiger partial charge in [0.05, 0.1) is 18.8 Å². The number of H-pyrrole nitrogens is 1. The topological polar surface area (TPSA) is 85.3 Å². The Labute approximate surface area is 81.8 Å². The highest BCUT2D eigenvalue weighted by Gasteiger charge is 2.25. The lowest BCUT2D eigenvalue weighted by Gasteiger charge is -2.25. The number of aliphatic hydroxyl groups is 2. The van der Waals surface area contributed by atoms with Gasteiger partial charge in [0.25, 0.3) is 5.91 Å². The molecule has 0 unspecified atom stereocenters. The quantitative estimate of drug-likeness (QED) is 0.525. The van der Waals surface area contributed by atoms with Crippen LogP contribution in [0.1, 0.15) is 17.4 Å². The van der Waals surface area contributed by atoms with Crippen molar-refractivity contribution in [3.05, 3.63) is 24.0 Å². The van der Waals surface area contributed by atoms with Crippen LogP contribution in [0.5, 0.6) is 0 Å². The van der Waals surface area contributed by atoms with Gasteiger partial charge in [0.1, 0.15) is 5.69 Å². The van der Waals surface area contributed by atoms with Crippen LogP contribution in [0.25, 0.3) is 0 Å². The number of carbonyl (C=O) groups is 1. The van der Waals surface area contributed by atoms with Crippen LogP contribution >= 0.6 is 0 Å². The minimum absolute atomic E-state index is 0.310. The highest BCUT2D eigenvalue weighted by Crippen LogP contribution is 2.03. The number of rotatable bonds is 4. The number of hydrogen-bond donors (Lipinski definition) is 4. The van der Waals surface area contributed by atoms with E-state index in [1.165, 1.54) is 0 Å². The number of nitrogens with one attached hydrogen (secondary N) is 2. The Bertz CT molecular complexity index is 291. The molecular weight excluding hydrogens is 184 g/mol. The van der Waals surface area contributed by atoms with Crippen molar-refractivity contribution in [2.75, 3.05) is 13.2 Å². The standard InChI is InChI=1S/C9H14N2O3/c1-9(5-12,6-13)11-8(14)7-3-2-4-10-7/h2-4,10,12-13H,5-6H2,1H3,(H,11,14). The number of carbonyl (C=O) groups excluding carboxylic acids is 1. The zero-order chi connectivity index (χ0) is 10.6. The first kappa shape index (κ1) is 10.7. The van der Waals surface area contributed by atoms with Crippen LogP contribution in [-0.4, -0.2) is 39.9 Å². The van der Waals surface area contributed by atoms with E-state index in [1.807, 2.05) is 0 Å². The second kappa shape index (κ2) is 4.26. The van der Waals surface area contributed by atoms with Crippen molar-refractivity contribution in [1.29, 1.82) is 0 Å². The summed E-state index contributed by atoms with van der Waals surface area (Å²) in [4.78, 5) is 14.2. The van der Waals surface area contributed by atoms with E-state index < -0.39 is 5.54 Å². The third kappa shape index (κ3) is 2.34. The molecule has 1 aromatic rings. The molecule has 0 saturated heterocycles. The lowest BCUT2D eigenvalue weighted by Crippen LogP contribution is -2.51. The predicted molar refractivity (Wildman–Crippen MR) is 50.8 cm³/mol. The van der Waals surface area contributed by atoms with Crippen LogP contribution < -0.4 is 5.32 Å². The molecule has 0 bridgehead atoms. The Morgan fingerprint density at radius 3 is 2.64 bits per heavy atom. The highest BCUT2D eigenvalue weighted by atomic mass is 16.3. The molecule has 0 radical (unpaired) electrons. The summed E-state index contributed by atoms with van der Waals surface area (Å²) in [6.45, 7) is 0.944. The Kier molecular flexibility index (Phi) is 3.27. The molecule has 0 aliphatic carbocycles.